The number of hydrogen-bond donors (Lipinski definition) is 0. The normalized spacial score (nSPS) is 15.7. The molecule has 0 radical (unpaired) electrons. The van der Waals surface area contributed by atoms with Gasteiger partial charge in [-0.3, -0.25) is 4.79 Å². The Hall–Kier alpha value is -2.18. The highest BCUT2D eigenvalue weighted by atomic mass is 32.1. The van der Waals surface area contributed by atoms with Crippen LogP contribution in [0.25, 0.3) is 0 Å². The van der Waals surface area contributed by atoms with E-state index in [0.29, 0.717) is 37.4 Å². The van der Waals surface area contributed by atoms with E-state index in [1.807, 2.05) is 50.2 Å². The topological polar surface area (TPSA) is 55.8 Å². The largest absolute Gasteiger partial charge is 0.444 e. The first-order chi connectivity index (χ1) is 12.1. The lowest BCUT2D eigenvalue weighted by molar-refractivity contribution is -0.145. The standard InChI is InChI=1S/C19H21NO4S/c1-13-12-16(14(2)25-13)19(22)24-17(15-6-4-3-5-7-15)18(21)20-8-10-23-11-9-20/h3-7,12,17H,8-11H2,1-2H3/t17-/m1/s1. The minimum Gasteiger partial charge on any atom is -0.444 e. The lowest BCUT2D eigenvalue weighted by atomic mass is 10.1. The first kappa shape index (κ1) is 17.6. The Labute approximate surface area is 151 Å². The predicted molar refractivity (Wildman–Crippen MR) is 95.8 cm³/mol. The number of aryl methyl sites for hydroxylation is 2. The third-order valence-corrected chi connectivity index (χ3v) is 5.10. The highest BCUT2D eigenvalue weighted by molar-refractivity contribution is 7.12. The van der Waals surface area contributed by atoms with E-state index in [0.717, 1.165) is 9.75 Å². The molecule has 1 saturated heterocycles. The molecular weight excluding hydrogens is 338 g/mol. The maximum absolute atomic E-state index is 13.0. The molecule has 0 N–H and O–H groups in total. The fourth-order valence-electron chi connectivity index (χ4n) is 2.84. The summed E-state index contributed by atoms with van der Waals surface area (Å²) in [6, 6.07) is 11.0. The van der Waals surface area contributed by atoms with E-state index in [1.54, 1.807) is 16.2 Å². The number of ether oxygens (including phenoxy) is 2. The van der Waals surface area contributed by atoms with Crippen molar-refractivity contribution in [3.8, 4) is 0 Å². The number of rotatable bonds is 4. The maximum atomic E-state index is 13.0. The number of amides is 1. The van der Waals surface area contributed by atoms with Gasteiger partial charge in [0.15, 0.2) is 0 Å². The van der Waals surface area contributed by atoms with E-state index in [9.17, 15) is 9.59 Å². The molecule has 0 spiro atoms. The third-order valence-electron chi connectivity index (χ3n) is 4.14. The number of nitrogens with zero attached hydrogens (tertiary/aromatic N) is 1. The smallest absolute Gasteiger partial charge is 0.340 e. The van der Waals surface area contributed by atoms with Gasteiger partial charge in [-0.15, -0.1) is 11.3 Å². The lowest BCUT2D eigenvalue weighted by Crippen LogP contribution is -2.44. The first-order valence-electron chi connectivity index (χ1n) is 8.26. The molecule has 2 aromatic rings. The molecular formula is C19H21NO4S. The Balaban J connectivity index is 1.85. The number of esters is 1. The van der Waals surface area contributed by atoms with Gasteiger partial charge >= 0.3 is 5.97 Å². The zero-order valence-electron chi connectivity index (χ0n) is 14.4. The molecule has 0 saturated carbocycles. The summed E-state index contributed by atoms with van der Waals surface area (Å²) in [7, 11) is 0. The van der Waals surface area contributed by atoms with Crippen LogP contribution in [-0.2, 0) is 14.3 Å². The molecule has 0 unspecified atom stereocenters. The van der Waals surface area contributed by atoms with Crippen molar-refractivity contribution < 1.29 is 19.1 Å². The Bertz CT molecular complexity index is 750. The summed E-state index contributed by atoms with van der Waals surface area (Å²) in [6.45, 7) is 5.86. The Morgan fingerprint density at radius 1 is 1.16 bits per heavy atom. The van der Waals surface area contributed by atoms with E-state index < -0.39 is 12.1 Å². The summed E-state index contributed by atoms with van der Waals surface area (Å²) in [5, 5.41) is 0. The van der Waals surface area contributed by atoms with Crippen LogP contribution in [-0.4, -0.2) is 43.1 Å². The first-order valence-corrected chi connectivity index (χ1v) is 9.07. The van der Waals surface area contributed by atoms with Crippen molar-refractivity contribution in [2.45, 2.75) is 20.0 Å². The average Bonchev–Trinajstić information content (AvgIpc) is 2.99. The van der Waals surface area contributed by atoms with Gasteiger partial charge in [-0.05, 0) is 19.9 Å². The Morgan fingerprint density at radius 2 is 1.84 bits per heavy atom. The van der Waals surface area contributed by atoms with Gasteiger partial charge in [-0.1, -0.05) is 30.3 Å². The highest BCUT2D eigenvalue weighted by Gasteiger charge is 2.31. The van der Waals surface area contributed by atoms with E-state index >= 15 is 0 Å². The van der Waals surface area contributed by atoms with Gasteiger partial charge in [0.2, 0.25) is 6.10 Å². The van der Waals surface area contributed by atoms with E-state index in [1.165, 1.54) is 0 Å². The number of carbonyl (C=O) groups is 2. The van der Waals surface area contributed by atoms with Crippen LogP contribution >= 0.6 is 11.3 Å². The number of carbonyl (C=O) groups excluding carboxylic acids is 2. The molecule has 1 aliphatic rings. The Kier molecular flexibility index (Phi) is 5.50. The summed E-state index contributed by atoms with van der Waals surface area (Å²) >= 11 is 1.54. The van der Waals surface area contributed by atoms with Crippen molar-refractivity contribution in [3.63, 3.8) is 0 Å². The molecule has 1 fully saturated rings. The summed E-state index contributed by atoms with van der Waals surface area (Å²) in [5.41, 5.74) is 1.20. The minimum absolute atomic E-state index is 0.201. The molecule has 0 aliphatic carbocycles. The van der Waals surface area contributed by atoms with Crippen molar-refractivity contribution in [1.82, 2.24) is 4.90 Å². The minimum atomic E-state index is -0.939. The van der Waals surface area contributed by atoms with Gasteiger partial charge < -0.3 is 14.4 Å². The van der Waals surface area contributed by atoms with Crippen molar-refractivity contribution in [3.05, 3.63) is 57.3 Å². The van der Waals surface area contributed by atoms with Crippen molar-refractivity contribution in [1.29, 1.82) is 0 Å². The molecule has 6 heteroatoms. The molecule has 2 heterocycles. The fraction of sp³-hybridized carbons (Fsp3) is 0.368. The average molecular weight is 359 g/mol. The van der Waals surface area contributed by atoms with Crippen LogP contribution in [0.15, 0.2) is 36.4 Å². The zero-order chi connectivity index (χ0) is 17.8. The molecule has 5 nitrogen and oxygen atoms in total. The Morgan fingerprint density at radius 3 is 2.44 bits per heavy atom. The number of morpholine rings is 1. The van der Waals surface area contributed by atoms with Crippen molar-refractivity contribution >= 4 is 23.2 Å². The number of hydrogen-bond acceptors (Lipinski definition) is 5. The third kappa shape index (κ3) is 4.08. The van der Waals surface area contributed by atoms with Crippen LogP contribution in [0.1, 0.15) is 31.8 Å². The second-order valence-electron chi connectivity index (χ2n) is 5.96. The highest BCUT2D eigenvalue weighted by Crippen LogP contribution is 2.26. The second-order valence-corrected chi connectivity index (χ2v) is 7.42. The van der Waals surface area contributed by atoms with Crippen LogP contribution in [0.2, 0.25) is 0 Å². The number of benzene rings is 1. The predicted octanol–water partition coefficient (Wildman–Crippen LogP) is 3.12. The molecule has 0 bridgehead atoms. The maximum Gasteiger partial charge on any atom is 0.340 e. The zero-order valence-corrected chi connectivity index (χ0v) is 15.2. The molecule has 1 amide bonds. The van der Waals surface area contributed by atoms with E-state index in [4.69, 9.17) is 9.47 Å². The molecule has 1 aliphatic heterocycles. The molecule has 1 aromatic heterocycles. The monoisotopic (exact) mass is 359 g/mol. The van der Waals surface area contributed by atoms with Crippen LogP contribution in [0, 0.1) is 13.8 Å². The summed E-state index contributed by atoms with van der Waals surface area (Å²) in [5.74, 6) is -0.662. The van der Waals surface area contributed by atoms with Crippen LogP contribution in [0.5, 0.6) is 0 Å². The second kappa shape index (κ2) is 7.80. The SMILES string of the molecule is Cc1cc(C(=O)O[C@@H](C(=O)N2CCOCC2)c2ccccc2)c(C)s1. The molecule has 1 atom stereocenters. The molecule has 1 aromatic carbocycles. The van der Waals surface area contributed by atoms with E-state index in [-0.39, 0.29) is 5.91 Å². The van der Waals surface area contributed by atoms with Crippen molar-refractivity contribution in [2.24, 2.45) is 0 Å². The van der Waals surface area contributed by atoms with Crippen LogP contribution in [0.4, 0.5) is 0 Å². The van der Waals surface area contributed by atoms with E-state index in [2.05, 4.69) is 0 Å². The fourth-order valence-corrected chi connectivity index (χ4v) is 3.75. The van der Waals surface area contributed by atoms with Gasteiger partial charge in [0.25, 0.3) is 5.91 Å². The summed E-state index contributed by atoms with van der Waals surface area (Å²) in [6.07, 6.45) is -0.939. The molecule has 25 heavy (non-hydrogen) atoms. The van der Waals surface area contributed by atoms with Gasteiger partial charge in [-0.25, -0.2) is 4.79 Å². The van der Waals surface area contributed by atoms with Gasteiger partial charge in [0.05, 0.1) is 18.8 Å². The van der Waals surface area contributed by atoms with Crippen molar-refractivity contribution in [2.75, 3.05) is 26.3 Å². The molecule has 132 valence electrons. The van der Waals surface area contributed by atoms with Crippen LogP contribution in [0.3, 0.4) is 0 Å². The van der Waals surface area contributed by atoms with Gasteiger partial charge in [0.1, 0.15) is 0 Å². The van der Waals surface area contributed by atoms with Gasteiger partial charge in [0, 0.05) is 28.4 Å². The summed E-state index contributed by atoms with van der Waals surface area (Å²) < 4.78 is 11.0. The quantitative estimate of drug-likeness (QED) is 0.787. The lowest BCUT2D eigenvalue weighted by Gasteiger charge is -2.30. The number of thiophene rings is 1. The van der Waals surface area contributed by atoms with Gasteiger partial charge in [-0.2, -0.15) is 0 Å². The van der Waals surface area contributed by atoms with Crippen LogP contribution < -0.4 is 0 Å². The summed E-state index contributed by atoms with van der Waals surface area (Å²) in [4.78, 5) is 29.2. The molecule has 3 rings (SSSR count).